The highest BCUT2D eigenvalue weighted by molar-refractivity contribution is 6.12. The number of aliphatic imine (C=N–C) groups is 2. The molecule has 2 N–H and O–H groups in total. The van der Waals surface area contributed by atoms with Gasteiger partial charge in [0.2, 0.25) is 0 Å². The Morgan fingerprint density at radius 3 is 1.95 bits per heavy atom. The molecule has 0 saturated carbocycles. The molecule has 0 fully saturated rings. The number of aryl methyl sites for hydroxylation is 2. The maximum atomic E-state index is 6.34. The first-order valence-electron chi connectivity index (χ1n) is 13.9. The van der Waals surface area contributed by atoms with Crippen molar-refractivity contribution in [1.29, 1.82) is 0 Å². The highest BCUT2D eigenvalue weighted by Crippen LogP contribution is 2.29. The van der Waals surface area contributed by atoms with Crippen molar-refractivity contribution < 1.29 is 4.42 Å². The van der Waals surface area contributed by atoms with Gasteiger partial charge in [0.25, 0.3) is 0 Å². The van der Waals surface area contributed by atoms with Crippen LogP contribution in [0.25, 0.3) is 27.6 Å². The fraction of sp³-hybridized carbons (Fsp3) is 0.0811. The van der Waals surface area contributed by atoms with Crippen LogP contribution in [0.1, 0.15) is 34.2 Å². The van der Waals surface area contributed by atoms with E-state index in [4.69, 9.17) is 15.1 Å². The number of benzene rings is 5. The van der Waals surface area contributed by atoms with Gasteiger partial charge in [0, 0.05) is 21.9 Å². The summed E-state index contributed by atoms with van der Waals surface area (Å²) in [5, 5.41) is 2.36. The lowest BCUT2D eigenvalue weighted by atomic mass is 10.0. The standard InChI is InChI=1S/C37H31N3O/c1-26(39-37(31-15-6-3-7-16-31)40-36(38)30-13-4-2-5-14-30)29-22-19-27(20-23-29)11-10-12-28-21-24-35-33(25-28)32-17-8-9-18-34(32)41-35/h2-9,13-25H,1,10-12H2,(H2,38,39,40). The van der Waals surface area contributed by atoms with Gasteiger partial charge in [-0.15, -0.1) is 0 Å². The average molecular weight is 534 g/mol. The van der Waals surface area contributed by atoms with Gasteiger partial charge in [-0.25, -0.2) is 9.98 Å². The number of hydrogen-bond acceptors (Lipinski definition) is 2. The second kappa shape index (κ2) is 11.9. The minimum atomic E-state index is 0.413. The molecule has 4 nitrogen and oxygen atoms in total. The molecular weight excluding hydrogens is 502 g/mol. The number of furan rings is 1. The molecule has 1 heterocycles. The van der Waals surface area contributed by atoms with E-state index in [-0.39, 0.29) is 0 Å². The Bertz CT molecular complexity index is 1860. The first-order valence-corrected chi connectivity index (χ1v) is 13.9. The molecule has 1 aromatic heterocycles. The molecule has 0 aliphatic rings. The maximum absolute atomic E-state index is 6.34. The maximum Gasteiger partial charge on any atom is 0.162 e. The Kier molecular flexibility index (Phi) is 7.55. The Morgan fingerprint density at radius 1 is 0.585 bits per heavy atom. The Hall–Kier alpha value is -5.22. The van der Waals surface area contributed by atoms with Crippen molar-refractivity contribution in [3.63, 3.8) is 0 Å². The minimum Gasteiger partial charge on any atom is -0.456 e. The van der Waals surface area contributed by atoms with E-state index in [2.05, 4.69) is 66.2 Å². The molecule has 200 valence electrons. The van der Waals surface area contributed by atoms with Crippen LogP contribution in [-0.4, -0.2) is 11.7 Å². The zero-order valence-electron chi connectivity index (χ0n) is 22.8. The number of para-hydroxylation sites is 1. The van der Waals surface area contributed by atoms with Gasteiger partial charge in [0.1, 0.15) is 17.0 Å². The van der Waals surface area contributed by atoms with Crippen molar-refractivity contribution in [3.05, 3.63) is 162 Å². The third-order valence-corrected chi connectivity index (χ3v) is 7.23. The molecule has 5 aromatic carbocycles. The summed E-state index contributed by atoms with van der Waals surface area (Å²) >= 11 is 0. The van der Waals surface area contributed by atoms with Crippen LogP contribution in [0.15, 0.2) is 148 Å². The minimum absolute atomic E-state index is 0.413. The second-order valence-electron chi connectivity index (χ2n) is 10.1. The van der Waals surface area contributed by atoms with Gasteiger partial charge in [-0.3, -0.25) is 0 Å². The van der Waals surface area contributed by atoms with Gasteiger partial charge in [0.05, 0.1) is 5.70 Å². The first kappa shape index (κ1) is 26.0. The highest BCUT2D eigenvalue weighted by Gasteiger charge is 2.09. The molecule has 0 atom stereocenters. The first-order chi connectivity index (χ1) is 20.1. The van der Waals surface area contributed by atoms with E-state index in [0.29, 0.717) is 17.4 Å². The summed E-state index contributed by atoms with van der Waals surface area (Å²) in [5.41, 5.74) is 14.2. The number of amidine groups is 2. The van der Waals surface area contributed by atoms with E-state index in [1.54, 1.807) is 0 Å². The summed E-state index contributed by atoms with van der Waals surface area (Å²) in [6, 6.07) is 42.8. The number of nitrogens with zero attached hydrogens (tertiary/aromatic N) is 2. The quantitative estimate of drug-likeness (QED) is 0.157. The summed E-state index contributed by atoms with van der Waals surface area (Å²) in [6.45, 7) is 4.24. The average Bonchev–Trinajstić information content (AvgIpc) is 3.40. The normalized spacial score (nSPS) is 12.2. The van der Waals surface area contributed by atoms with E-state index in [1.165, 1.54) is 21.9 Å². The van der Waals surface area contributed by atoms with Gasteiger partial charge < -0.3 is 10.2 Å². The van der Waals surface area contributed by atoms with Crippen LogP contribution in [0, 0.1) is 0 Å². The predicted molar refractivity (Wildman–Crippen MR) is 171 cm³/mol. The lowest BCUT2D eigenvalue weighted by molar-refractivity contribution is 0.668. The lowest BCUT2D eigenvalue weighted by Gasteiger charge is -2.08. The molecule has 0 amide bonds. The zero-order valence-corrected chi connectivity index (χ0v) is 22.8. The second-order valence-corrected chi connectivity index (χ2v) is 10.1. The fourth-order valence-corrected chi connectivity index (χ4v) is 5.01. The molecule has 4 heteroatoms. The molecule has 0 spiro atoms. The van der Waals surface area contributed by atoms with Crippen LogP contribution in [0.3, 0.4) is 0 Å². The number of hydrogen-bond donors (Lipinski definition) is 1. The van der Waals surface area contributed by atoms with Crippen molar-refractivity contribution in [3.8, 4) is 0 Å². The van der Waals surface area contributed by atoms with Crippen molar-refractivity contribution in [2.24, 2.45) is 15.7 Å². The monoisotopic (exact) mass is 533 g/mol. The summed E-state index contributed by atoms with van der Waals surface area (Å²) in [7, 11) is 0. The van der Waals surface area contributed by atoms with Crippen molar-refractivity contribution >= 4 is 39.3 Å². The third kappa shape index (κ3) is 6.02. The van der Waals surface area contributed by atoms with E-state index >= 15 is 0 Å². The molecule has 41 heavy (non-hydrogen) atoms. The van der Waals surface area contributed by atoms with E-state index < -0.39 is 0 Å². The van der Waals surface area contributed by atoms with Crippen LogP contribution < -0.4 is 5.73 Å². The van der Waals surface area contributed by atoms with Gasteiger partial charge >= 0.3 is 0 Å². The number of nitrogens with two attached hydrogens (primary N) is 1. The van der Waals surface area contributed by atoms with E-state index in [1.807, 2.05) is 72.8 Å². The molecule has 0 radical (unpaired) electrons. The smallest absolute Gasteiger partial charge is 0.162 e. The fourth-order valence-electron chi connectivity index (χ4n) is 5.01. The molecule has 0 aliphatic heterocycles. The van der Waals surface area contributed by atoms with Crippen LogP contribution in [-0.2, 0) is 12.8 Å². The summed E-state index contributed by atoms with van der Waals surface area (Å²) in [6.07, 6.45) is 3.06. The van der Waals surface area contributed by atoms with Gasteiger partial charge in [-0.2, -0.15) is 0 Å². The van der Waals surface area contributed by atoms with Crippen LogP contribution in [0.4, 0.5) is 0 Å². The molecule has 0 bridgehead atoms. The van der Waals surface area contributed by atoms with Gasteiger partial charge in [0.15, 0.2) is 5.84 Å². The van der Waals surface area contributed by atoms with Crippen LogP contribution in [0.2, 0.25) is 0 Å². The molecular formula is C37H31N3O. The van der Waals surface area contributed by atoms with Crippen LogP contribution in [0.5, 0.6) is 0 Å². The molecule has 6 aromatic rings. The van der Waals surface area contributed by atoms with Crippen molar-refractivity contribution in [2.45, 2.75) is 19.3 Å². The summed E-state index contributed by atoms with van der Waals surface area (Å²) in [5.74, 6) is 0.944. The predicted octanol–water partition coefficient (Wildman–Crippen LogP) is 8.58. The summed E-state index contributed by atoms with van der Waals surface area (Å²) in [4.78, 5) is 9.48. The molecule has 6 rings (SSSR count). The summed E-state index contributed by atoms with van der Waals surface area (Å²) < 4.78 is 5.97. The highest BCUT2D eigenvalue weighted by atomic mass is 16.3. The van der Waals surface area contributed by atoms with Crippen molar-refractivity contribution in [1.82, 2.24) is 0 Å². The van der Waals surface area contributed by atoms with Gasteiger partial charge in [-0.1, -0.05) is 116 Å². The number of fused-ring (bicyclic) bond motifs is 3. The Labute approximate surface area is 240 Å². The molecule has 0 saturated heterocycles. The Balaban J connectivity index is 1.14. The largest absolute Gasteiger partial charge is 0.456 e. The van der Waals surface area contributed by atoms with E-state index in [9.17, 15) is 0 Å². The molecule has 0 unspecified atom stereocenters. The van der Waals surface area contributed by atoms with Gasteiger partial charge in [-0.05, 0) is 54.2 Å². The Morgan fingerprint density at radius 2 is 1.20 bits per heavy atom. The third-order valence-electron chi connectivity index (χ3n) is 7.23. The van der Waals surface area contributed by atoms with E-state index in [0.717, 1.165) is 47.1 Å². The van der Waals surface area contributed by atoms with Crippen molar-refractivity contribution in [2.75, 3.05) is 0 Å². The SMILES string of the molecule is C=C(N=C(N=C(N)c1ccccc1)c1ccccc1)c1ccc(CCCc2ccc3oc4ccccc4c3c2)cc1. The van der Waals surface area contributed by atoms with Crippen LogP contribution >= 0.6 is 0 Å². The zero-order chi connectivity index (χ0) is 28.0. The lowest BCUT2D eigenvalue weighted by Crippen LogP contribution is -2.16. The number of rotatable bonds is 8. The topological polar surface area (TPSA) is 63.9 Å². The molecule has 0 aliphatic carbocycles.